The fraction of sp³-hybridized carbons (Fsp3) is 0.419. The molecule has 1 aliphatic heterocycles. The van der Waals surface area contributed by atoms with E-state index < -0.39 is 7.92 Å². The van der Waals surface area contributed by atoms with Gasteiger partial charge < -0.3 is 0 Å². The van der Waals surface area contributed by atoms with Crippen LogP contribution in [-0.2, 0) is 6.54 Å². The third-order valence-corrected chi connectivity index (χ3v) is 9.57. The van der Waals surface area contributed by atoms with Crippen LogP contribution in [-0.4, -0.2) is 66.1 Å². The molecule has 0 saturated carbocycles. The summed E-state index contributed by atoms with van der Waals surface area (Å²) in [6.07, 6.45) is 0. The first-order valence-corrected chi connectivity index (χ1v) is 14.5. The molecule has 186 valence electrons. The van der Waals surface area contributed by atoms with Crippen LogP contribution in [0.4, 0.5) is 0 Å². The SMILES string of the molecule is CC(C)N1CCN(Cc2cccc(P(c3ccccc3)c3ccccc3)c2)CCN(C(C)C)CC1. The molecule has 0 bridgehead atoms. The lowest BCUT2D eigenvalue weighted by Crippen LogP contribution is -2.41. The number of rotatable bonds is 7. The van der Waals surface area contributed by atoms with Gasteiger partial charge in [0, 0.05) is 57.9 Å². The van der Waals surface area contributed by atoms with E-state index in [1.165, 1.54) is 21.5 Å². The molecule has 3 aromatic rings. The summed E-state index contributed by atoms with van der Waals surface area (Å²) in [5.74, 6) is 0. The van der Waals surface area contributed by atoms with Gasteiger partial charge in [0.2, 0.25) is 0 Å². The zero-order valence-corrected chi connectivity index (χ0v) is 22.9. The van der Waals surface area contributed by atoms with Crippen LogP contribution in [0.15, 0.2) is 84.9 Å². The summed E-state index contributed by atoms with van der Waals surface area (Å²) in [5.41, 5.74) is 1.42. The first-order chi connectivity index (χ1) is 17.0. The zero-order chi connectivity index (χ0) is 24.6. The molecule has 0 spiro atoms. The van der Waals surface area contributed by atoms with Gasteiger partial charge in [0.15, 0.2) is 0 Å². The van der Waals surface area contributed by atoms with Crippen LogP contribution in [0.5, 0.6) is 0 Å². The van der Waals surface area contributed by atoms with E-state index in [-0.39, 0.29) is 0 Å². The Morgan fingerprint density at radius 3 is 1.51 bits per heavy atom. The second kappa shape index (κ2) is 12.8. The molecule has 1 aliphatic rings. The molecule has 0 aromatic heterocycles. The molecule has 35 heavy (non-hydrogen) atoms. The minimum absolute atomic E-state index is 0.566. The predicted octanol–water partition coefficient (Wildman–Crippen LogP) is 4.68. The molecule has 3 aromatic carbocycles. The average Bonchev–Trinajstić information content (AvgIpc) is 2.97. The van der Waals surface area contributed by atoms with E-state index in [2.05, 4.69) is 127 Å². The maximum Gasteiger partial charge on any atom is 0.0235 e. The third kappa shape index (κ3) is 7.24. The van der Waals surface area contributed by atoms with Crippen LogP contribution in [0.2, 0.25) is 0 Å². The maximum absolute atomic E-state index is 2.67. The van der Waals surface area contributed by atoms with E-state index in [1.54, 1.807) is 0 Å². The zero-order valence-electron chi connectivity index (χ0n) is 22.0. The molecule has 1 heterocycles. The highest BCUT2D eigenvalue weighted by Crippen LogP contribution is 2.32. The largest absolute Gasteiger partial charge is 0.298 e. The quantitative estimate of drug-likeness (QED) is 0.448. The lowest BCUT2D eigenvalue weighted by molar-refractivity contribution is 0.169. The van der Waals surface area contributed by atoms with E-state index in [4.69, 9.17) is 0 Å². The van der Waals surface area contributed by atoms with Crippen molar-refractivity contribution in [2.75, 3.05) is 39.3 Å². The lowest BCUT2D eigenvalue weighted by Gasteiger charge is -2.30. The van der Waals surface area contributed by atoms with Crippen molar-refractivity contribution in [2.45, 2.75) is 46.3 Å². The van der Waals surface area contributed by atoms with Crippen LogP contribution in [0.25, 0.3) is 0 Å². The Morgan fingerprint density at radius 1 is 0.571 bits per heavy atom. The fourth-order valence-corrected chi connectivity index (χ4v) is 7.34. The van der Waals surface area contributed by atoms with Crippen molar-refractivity contribution in [3.05, 3.63) is 90.5 Å². The molecule has 4 rings (SSSR count). The topological polar surface area (TPSA) is 9.72 Å². The Bertz CT molecular complexity index is 962. The summed E-state index contributed by atoms with van der Waals surface area (Å²) in [6, 6.07) is 32.6. The van der Waals surface area contributed by atoms with E-state index in [1.807, 2.05) is 0 Å². The van der Waals surface area contributed by atoms with Crippen LogP contribution in [0.1, 0.15) is 33.3 Å². The Kier molecular flexibility index (Phi) is 9.52. The Hall–Kier alpha value is -2.03. The van der Waals surface area contributed by atoms with Gasteiger partial charge in [-0.1, -0.05) is 78.9 Å². The number of benzene rings is 3. The maximum atomic E-state index is 2.67. The van der Waals surface area contributed by atoms with Crippen molar-refractivity contribution in [3.63, 3.8) is 0 Å². The van der Waals surface area contributed by atoms with E-state index in [9.17, 15) is 0 Å². The molecule has 0 radical (unpaired) electrons. The molecule has 0 amide bonds. The summed E-state index contributed by atoms with van der Waals surface area (Å²) in [6.45, 7) is 17.2. The molecule has 3 nitrogen and oxygen atoms in total. The van der Waals surface area contributed by atoms with Crippen molar-refractivity contribution in [2.24, 2.45) is 0 Å². The van der Waals surface area contributed by atoms with Crippen LogP contribution < -0.4 is 15.9 Å². The van der Waals surface area contributed by atoms with Crippen LogP contribution in [0, 0.1) is 0 Å². The monoisotopic (exact) mass is 487 g/mol. The van der Waals surface area contributed by atoms with Crippen LogP contribution in [0.3, 0.4) is 0 Å². The minimum atomic E-state index is -0.566. The van der Waals surface area contributed by atoms with Gasteiger partial charge in [-0.2, -0.15) is 0 Å². The van der Waals surface area contributed by atoms with Crippen molar-refractivity contribution >= 4 is 23.8 Å². The fourth-order valence-electron chi connectivity index (χ4n) is 4.98. The highest BCUT2D eigenvalue weighted by Gasteiger charge is 2.21. The lowest BCUT2D eigenvalue weighted by atomic mass is 10.2. The predicted molar refractivity (Wildman–Crippen MR) is 154 cm³/mol. The summed E-state index contributed by atoms with van der Waals surface area (Å²) in [4.78, 5) is 7.96. The summed E-state index contributed by atoms with van der Waals surface area (Å²) in [7, 11) is -0.566. The summed E-state index contributed by atoms with van der Waals surface area (Å²) >= 11 is 0. The highest BCUT2D eigenvalue weighted by atomic mass is 31.1. The first-order valence-electron chi connectivity index (χ1n) is 13.2. The van der Waals surface area contributed by atoms with E-state index in [0.717, 1.165) is 45.8 Å². The Balaban J connectivity index is 1.57. The van der Waals surface area contributed by atoms with Gasteiger partial charge in [-0.15, -0.1) is 0 Å². The number of hydrogen-bond donors (Lipinski definition) is 0. The molecule has 4 heteroatoms. The summed E-state index contributed by atoms with van der Waals surface area (Å²) < 4.78 is 0. The van der Waals surface area contributed by atoms with Crippen molar-refractivity contribution < 1.29 is 0 Å². The normalized spacial score (nSPS) is 17.0. The number of hydrogen-bond acceptors (Lipinski definition) is 3. The molecule has 1 fully saturated rings. The Morgan fingerprint density at radius 2 is 1.03 bits per heavy atom. The third-order valence-electron chi connectivity index (χ3n) is 7.15. The molecule has 0 atom stereocenters. The van der Waals surface area contributed by atoms with Crippen molar-refractivity contribution in [1.82, 2.24) is 14.7 Å². The smallest absolute Gasteiger partial charge is 0.0235 e. The summed E-state index contributed by atoms with van der Waals surface area (Å²) in [5, 5.41) is 4.26. The Labute approximate surface area is 214 Å². The van der Waals surface area contributed by atoms with Gasteiger partial charge in [0.25, 0.3) is 0 Å². The molecule has 0 N–H and O–H groups in total. The minimum Gasteiger partial charge on any atom is -0.298 e. The number of nitrogens with zero attached hydrogens (tertiary/aromatic N) is 3. The van der Waals surface area contributed by atoms with E-state index in [0.29, 0.717) is 12.1 Å². The van der Waals surface area contributed by atoms with Crippen molar-refractivity contribution in [3.8, 4) is 0 Å². The highest BCUT2D eigenvalue weighted by molar-refractivity contribution is 7.79. The standard InChI is InChI=1S/C31H42N3P/c1-26(2)33-20-18-32(19-21-34(23-22-33)27(3)4)25-28-12-11-17-31(24-28)35(29-13-7-5-8-14-29)30-15-9-6-10-16-30/h5-17,24,26-27H,18-23,25H2,1-4H3. The van der Waals surface area contributed by atoms with Crippen molar-refractivity contribution in [1.29, 1.82) is 0 Å². The first kappa shape index (κ1) is 26.0. The second-order valence-corrected chi connectivity index (χ2v) is 12.4. The molecular weight excluding hydrogens is 445 g/mol. The molecule has 0 unspecified atom stereocenters. The van der Waals surface area contributed by atoms with Gasteiger partial charge in [-0.05, 0) is 63.2 Å². The molecule has 1 saturated heterocycles. The van der Waals surface area contributed by atoms with Gasteiger partial charge >= 0.3 is 0 Å². The van der Waals surface area contributed by atoms with Gasteiger partial charge in [0.1, 0.15) is 0 Å². The average molecular weight is 488 g/mol. The van der Waals surface area contributed by atoms with Gasteiger partial charge in [0.05, 0.1) is 0 Å². The molecule has 0 aliphatic carbocycles. The van der Waals surface area contributed by atoms with Gasteiger partial charge in [-0.3, -0.25) is 14.7 Å². The molecular formula is C31H42N3P. The second-order valence-electron chi connectivity index (χ2n) is 10.2. The van der Waals surface area contributed by atoms with E-state index >= 15 is 0 Å². The van der Waals surface area contributed by atoms with Crippen LogP contribution >= 0.6 is 7.92 Å². The van der Waals surface area contributed by atoms with Gasteiger partial charge in [-0.25, -0.2) is 0 Å².